The average Bonchev–Trinajstić information content (AvgIpc) is 3.15. The van der Waals surface area contributed by atoms with Crippen molar-refractivity contribution in [1.82, 2.24) is 5.32 Å². The van der Waals surface area contributed by atoms with E-state index in [4.69, 9.17) is 23.2 Å². The molecule has 8 heteroatoms. The fraction of sp³-hybridized carbons (Fsp3) is 0.364. The van der Waals surface area contributed by atoms with Gasteiger partial charge < -0.3 is 10.4 Å². The van der Waals surface area contributed by atoms with E-state index < -0.39 is 6.10 Å². The zero-order chi connectivity index (χ0) is 21.3. The highest BCUT2D eigenvalue weighted by Crippen LogP contribution is 2.39. The normalized spacial score (nSPS) is 23.9. The van der Waals surface area contributed by atoms with E-state index in [2.05, 4.69) is 33.0 Å². The maximum atomic E-state index is 13.0. The predicted molar refractivity (Wildman–Crippen MR) is 129 cm³/mol. The largest absolute Gasteiger partial charge is 0.391 e. The molecule has 0 bridgehead atoms. The Balaban J connectivity index is 1.63. The van der Waals surface area contributed by atoms with E-state index in [1.54, 1.807) is 17.1 Å². The van der Waals surface area contributed by atoms with Gasteiger partial charge in [-0.1, -0.05) is 48.2 Å². The molecule has 1 heterocycles. The lowest BCUT2D eigenvalue weighted by Gasteiger charge is -2.28. The molecule has 5 nitrogen and oxygen atoms in total. The topological polar surface area (TPSA) is 64.9 Å². The van der Waals surface area contributed by atoms with Crippen molar-refractivity contribution >= 4 is 63.1 Å². The lowest BCUT2D eigenvalue weighted by Crippen LogP contribution is -2.47. The number of benzene rings is 2. The third-order valence-electron chi connectivity index (χ3n) is 5.63. The highest BCUT2D eigenvalue weighted by Gasteiger charge is 2.35. The van der Waals surface area contributed by atoms with Gasteiger partial charge in [0.2, 0.25) is 0 Å². The first-order valence-corrected chi connectivity index (χ1v) is 11.8. The first kappa shape index (κ1) is 21.9. The monoisotopic (exact) mass is 557 g/mol. The van der Waals surface area contributed by atoms with Gasteiger partial charge in [0.1, 0.15) is 5.71 Å². The molecule has 2 aromatic rings. The molecule has 2 aliphatic rings. The lowest BCUT2D eigenvalue weighted by molar-refractivity contribution is -0.116. The van der Waals surface area contributed by atoms with Crippen molar-refractivity contribution in [2.24, 2.45) is 5.10 Å². The number of hydrogen-bond donors (Lipinski definition) is 2. The quantitative estimate of drug-likeness (QED) is 0.500. The Kier molecular flexibility index (Phi) is 6.87. The maximum Gasteiger partial charge on any atom is 0.267 e. The molecule has 1 unspecified atom stereocenters. The molecular weight excluding hydrogens is 536 g/mol. The third kappa shape index (κ3) is 4.77. The Morgan fingerprint density at radius 2 is 1.87 bits per heavy atom. The number of hydrazone groups is 1. The van der Waals surface area contributed by atoms with Crippen LogP contribution in [0, 0.1) is 3.57 Å². The van der Waals surface area contributed by atoms with Crippen LogP contribution >= 0.6 is 45.8 Å². The molecule has 1 aliphatic heterocycles. The number of rotatable bonds is 4. The van der Waals surface area contributed by atoms with E-state index >= 15 is 0 Å². The van der Waals surface area contributed by atoms with Gasteiger partial charge in [0.15, 0.2) is 0 Å². The van der Waals surface area contributed by atoms with Crippen LogP contribution < -0.4 is 10.3 Å². The maximum absolute atomic E-state index is 13.0. The van der Waals surface area contributed by atoms with Gasteiger partial charge in [0.05, 0.1) is 28.9 Å². The van der Waals surface area contributed by atoms with Gasteiger partial charge in [-0.3, -0.25) is 9.80 Å². The van der Waals surface area contributed by atoms with Crippen LogP contribution in [0.3, 0.4) is 0 Å². The number of amides is 1. The number of anilines is 1. The molecule has 0 aromatic heterocycles. The lowest BCUT2D eigenvalue weighted by atomic mass is 9.92. The smallest absolute Gasteiger partial charge is 0.267 e. The van der Waals surface area contributed by atoms with Gasteiger partial charge in [0.25, 0.3) is 5.91 Å². The summed E-state index contributed by atoms with van der Waals surface area (Å²) in [6, 6.07) is 13.0. The van der Waals surface area contributed by atoms with Crippen LogP contribution in [0.25, 0.3) is 0 Å². The number of nitrogens with zero attached hydrogens (tertiary/aromatic N) is 2. The van der Waals surface area contributed by atoms with Gasteiger partial charge in [0, 0.05) is 15.0 Å². The van der Waals surface area contributed by atoms with E-state index in [0.29, 0.717) is 27.9 Å². The molecule has 2 aromatic carbocycles. The molecule has 4 rings (SSSR count). The summed E-state index contributed by atoms with van der Waals surface area (Å²) in [5.41, 5.74) is 2.18. The highest BCUT2D eigenvalue weighted by atomic mass is 127. The minimum atomic E-state index is -0.501. The number of nitrogens with one attached hydrogen (secondary N) is 1. The predicted octanol–water partition coefficient (Wildman–Crippen LogP) is 5.33. The summed E-state index contributed by atoms with van der Waals surface area (Å²) in [6.07, 6.45) is 3.45. The first-order chi connectivity index (χ1) is 14.4. The van der Waals surface area contributed by atoms with Crippen LogP contribution in [0.15, 0.2) is 47.6 Å². The van der Waals surface area contributed by atoms with E-state index in [0.717, 1.165) is 34.8 Å². The minimum Gasteiger partial charge on any atom is -0.391 e. The van der Waals surface area contributed by atoms with Crippen LogP contribution in [0.1, 0.15) is 43.7 Å². The van der Waals surface area contributed by atoms with Crippen LogP contribution in [-0.4, -0.2) is 28.9 Å². The van der Waals surface area contributed by atoms with Gasteiger partial charge in [-0.05, 0) is 71.3 Å². The summed E-state index contributed by atoms with van der Waals surface area (Å²) in [5, 5.41) is 20.7. The Labute approximate surface area is 199 Å². The standard InChI is InChI=1S/C22H22Cl2IN3O2/c23-14-7-10-19(16(24)11-14)28-20(13-5-8-15(25)9-6-13)12-18(27-28)22(30)26-17-3-1-2-4-21(17)29/h5-11,17,20-21,29H,1-4,12H2,(H,26,30)/t17-,20?,21-/m0/s1. The second kappa shape index (κ2) is 9.42. The van der Waals surface area contributed by atoms with Crippen molar-refractivity contribution in [3.05, 3.63) is 61.6 Å². The number of aliphatic hydroxyl groups is 1. The van der Waals surface area contributed by atoms with Crippen molar-refractivity contribution in [2.75, 3.05) is 5.01 Å². The van der Waals surface area contributed by atoms with Crippen LogP contribution in [-0.2, 0) is 4.79 Å². The van der Waals surface area contributed by atoms with E-state index in [-0.39, 0.29) is 18.0 Å². The average molecular weight is 558 g/mol. The van der Waals surface area contributed by atoms with Gasteiger partial charge in [-0.15, -0.1) is 0 Å². The Morgan fingerprint density at radius 3 is 2.57 bits per heavy atom. The zero-order valence-corrected chi connectivity index (χ0v) is 19.9. The minimum absolute atomic E-state index is 0.155. The van der Waals surface area contributed by atoms with Crippen molar-refractivity contribution in [2.45, 2.75) is 50.3 Å². The highest BCUT2D eigenvalue weighted by molar-refractivity contribution is 14.1. The van der Waals surface area contributed by atoms with E-state index in [1.807, 2.05) is 30.3 Å². The molecule has 3 atom stereocenters. The molecular formula is C22H22Cl2IN3O2. The summed E-state index contributed by atoms with van der Waals surface area (Å²) < 4.78 is 1.13. The van der Waals surface area contributed by atoms with Gasteiger partial charge >= 0.3 is 0 Å². The number of carbonyl (C=O) groups excluding carboxylic acids is 1. The SMILES string of the molecule is O=C(N[C@H]1CCCC[C@@H]1O)C1=NN(c2ccc(Cl)cc2Cl)C(c2ccc(I)cc2)C1. The van der Waals surface area contributed by atoms with Gasteiger partial charge in [-0.2, -0.15) is 5.10 Å². The Morgan fingerprint density at radius 1 is 1.13 bits per heavy atom. The summed E-state index contributed by atoms with van der Waals surface area (Å²) in [6.45, 7) is 0. The summed E-state index contributed by atoms with van der Waals surface area (Å²) in [4.78, 5) is 13.0. The van der Waals surface area contributed by atoms with E-state index in [1.165, 1.54) is 0 Å². The number of aliphatic hydroxyl groups excluding tert-OH is 1. The molecule has 2 N–H and O–H groups in total. The second-order valence-corrected chi connectivity index (χ2v) is 9.78. The summed E-state index contributed by atoms with van der Waals surface area (Å²) >= 11 is 14.8. The molecule has 1 amide bonds. The molecule has 0 saturated heterocycles. The zero-order valence-electron chi connectivity index (χ0n) is 16.2. The second-order valence-electron chi connectivity index (χ2n) is 7.69. The molecule has 1 fully saturated rings. The molecule has 0 spiro atoms. The van der Waals surface area contributed by atoms with Crippen molar-refractivity contribution < 1.29 is 9.90 Å². The molecule has 1 aliphatic carbocycles. The van der Waals surface area contributed by atoms with Crippen molar-refractivity contribution in [3.8, 4) is 0 Å². The first-order valence-electron chi connectivity index (χ1n) is 9.98. The van der Waals surface area contributed by atoms with Crippen LogP contribution in [0.2, 0.25) is 10.0 Å². The van der Waals surface area contributed by atoms with Crippen molar-refractivity contribution in [3.63, 3.8) is 0 Å². The number of halogens is 3. The van der Waals surface area contributed by atoms with Crippen LogP contribution in [0.4, 0.5) is 5.69 Å². The Bertz CT molecular complexity index is 967. The molecule has 0 radical (unpaired) electrons. The van der Waals surface area contributed by atoms with Gasteiger partial charge in [-0.25, -0.2) is 0 Å². The summed E-state index contributed by atoms with van der Waals surface area (Å²) in [7, 11) is 0. The van der Waals surface area contributed by atoms with Crippen molar-refractivity contribution in [1.29, 1.82) is 0 Å². The molecule has 30 heavy (non-hydrogen) atoms. The number of carbonyl (C=O) groups is 1. The summed E-state index contributed by atoms with van der Waals surface area (Å²) in [5.74, 6) is -0.232. The number of hydrogen-bond acceptors (Lipinski definition) is 4. The molecule has 158 valence electrons. The Hall–Kier alpha value is -1.35. The third-order valence-corrected chi connectivity index (χ3v) is 6.89. The van der Waals surface area contributed by atoms with Crippen LogP contribution in [0.5, 0.6) is 0 Å². The fourth-order valence-electron chi connectivity index (χ4n) is 4.01. The molecule has 1 saturated carbocycles. The van der Waals surface area contributed by atoms with E-state index in [9.17, 15) is 9.90 Å². The fourth-order valence-corrected chi connectivity index (χ4v) is 4.87.